The summed E-state index contributed by atoms with van der Waals surface area (Å²) >= 11 is 0. The summed E-state index contributed by atoms with van der Waals surface area (Å²) in [6.45, 7) is 4.17. The van der Waals surface area contributed by atoms with Gasteiger partial charge in [-0.2, -0.15) is 0 Å². The zero-order valence-corrected chi connectivity index (χ0v) is 11.1. The minimum absolute atomic E-state index is 0.277. The summed E-state index contributed by atoms with van der Waals surface area (Å²) in [5.74, 6) is 0. The lowest BCUT2D eigenvalue weighted by atomic mass is 10.3. The van der Waals surface area contributed by atoms with Gasteiger partial charge in [0.25, 0.3) is 0 Å². The van der Waals surface area contributed by atoms with Crippen LogP contribution in [-0.4, -0.2) is 22.0 Å². The van der Waals surface area contributed by atoms with E-state index in [2.05, 4.69) is 10.0 Å². The summed E-state index contributed by atoms with van der Waals surface area (Å²) in [7, 11) is -1.62. The van der Waals surface area contributed by atoms with Crippen molar-refractivity contribution in [3.05, 3.63) is 35.9 Å². The molecule has 0 aliphatic heterocycles. The van der Waals surface area contributed by atoms with Gasteiger partial charge in [-0.25, -0.2) is 13.1 Å². The second-order valence-electron chi connectivity index (χ2n) is 3.91. The quantitative estimate of drug-likeness (QED) is 0.790. The molecule has 1 aromatic rings. The van der Waals surface area contributed by atoms with Gasteiger partial charge in [-0.3, -0.25) is 0 Å². The van der Waals surface area contributed by atoms with Crippen molar-refractivity contribution in [1.29, 1.82) is 0 Å². The summed E-state index contributed by atoms with van der Waals surface area (Å²) in [6.07, 6.45) is 1.83. The molecule has 94 valence electrons. The molecule has 0 spiro atoms. The monoisotopic (exact) mass is 254 g/mol. The number of hydrogen-bond donors (Lipinski definition) is 2. The average molecular weight is 254 g/mol. The van der Waals surface area contributed by atoms with Gasteiger partial charge in [0.1, 0.15) is 0 Å². The van der Waals surface area contributed by atoms with E-state index in [9.17, 15) is 8.42 Å². The fourth-order valence-corrected chi connectivity index (χ4v) is 2.20. The van der Waals surface area contributed by atoms with Gasteiger partial charge < -0.3 is 5.32 Å². The minimum Gasteiger partial charge on any atom is -0.388 e. The molecule has 0 aliphatic rings. The van der Waals surface area contributed by atoms with Crippen LogP contribution in [0.1, 0.15) is 13.8 Å². The molecule has 0 amide bonds. The van der Waals surface area contributed by atoms with Gasteiger partial charge >= 0.3 is 0 Å². The SMILES string of the molecule is CNc1ccc(S(=O)(=O)NCC=C(C)C)cc1. The van der Waals surface area contributed by atoms with Crippen molar-refractivity contribution >= 4 is 15.7 Å². The molecular formula is C12H18N2O2S. The Morgan fingerprint density at radius 3 is 2.29 bits per heavy atom. The molecule has 0 fully saturated rings. The average Bonchev–Trinajstić information content (AvgIpc) is 2.28. The Balaban J connectivity index is 2.79. The van der Waals surface area contributed by atoms with Crippen LogP contribution in [0.25, 0.3) is 0 Å². The number of anilines is 1. The molecule has 0 atom stereocenters. The zero-order valence-electron chi connectivity index (χ0n) is 10.3. The number of rotatable bonds is 5. The second-order valence-corrected chi connectivity index (χ2v) is 5.67. The normalized spacial score (nSPS) is 11.0. The zero-order chi connectivity index (χ0) is 12.9. The van der Waals surface area contributed by atoms with Crippen molar-refractivity contribution in [1.82, 2.24) is 4.72 Å². The number of benzene rings is 1. The van der Waals surface area contributed by atoms with Crippen LogP contribution in [0.5, 0.6) is 0 Å². The first-order valence-corrected chi connectivity index (χ1v) is 6.85. The van der Waals surface area contributed by atoms with Crippen LogP contribution in [0.4, 0.5) is 5.69 Å². The Morgan fingerprint density at radius 1 is 1.24 bits per heavy atom. The van der Waals surface area contributed by atoms with Crippen molar-refractivity contribution in [3.8, 4) is 0 Å². The van der Waals surface area contributed by atoms with Gasteiger partial charge in [-0.15, -0.1) is 0 Å². The van der Waals surface area contributed by atoms with E-state index in [1.54, 1.807) is 31.3 Å². The highest BCUT2D eigenvalue weighted by molar-refractivity contribution is 7.89. The maximum atomic E-state index is 11.9. The number of hydrogen-bond acceptors (Lipinski definition) is 3. The molecule has 2 N–H and O–H groups in total. The van der Waals surface area contributed by atoms with Crippen LogP contribution in [0.2, 0.25) is 0 Å². The number of sulfonamides is 1. The molecular weight excluding hydrogens is 236 g/mol. The van der Waals surface area contributed by atoms with Crippen LogP contribution in [0, 0.1) is 0 Å². The van der Waals surface area contributed by atoms with E-state index in [1.807, 2.05) is 19.9 Å². The van der Waals surface area contributed by atoms with Crippen molar-refractivity contribution in [3.63, 3.8) is 0 Å². The van der Waals surface area contributed by atoms with Gasteiger partial charge in [0, 0.05) is 19.3 Å². The van der Waals surface area contributed by atoms with E-state index in [4.69, 9.17) is 0 Å². The predicted octanol–water partition coefficient (Wildman–Crippen LogP) is 1.97. The first kappa shape index (κ1) is 13.7. The minimum atomic E-state index is -3.40. The van der Waals surface area contributed by atoms with Gasteiger partial charge in [0.15, 0.2) is 0 Å². The predicted molar refractivity (Wildman–Crippen MR) is 70.6 cm³/mol. The highest BCUT2D eigenvalue weighted by atomic mass is 32.2. The molecule has 0 heterocycles. The van der Waals surface area contributed by atoms with Crippen molar-refractivity contribution in [2.45, 2.75) is 18.7 Å². The lowest BCUT2D eigenvalue weighted by Gasteiger charge is -2.06. The summed E-state index contributed by atoms with van der Waals surface area (Å²) in [5, 5.41) is 2.94. The van der Waals surface area contributed by atoms with Gasteiger partial charge in [0.05, 0.1) is 4.90 Å². The van der Waals surface area contributed by atoms with Crippen LogP contribution in [0.3, 0.4) is 0 Å². The Bertz CT molecular complexity index is 486. The first-order valence-electron chi connectivity index (χ1n) is 5.36. The van der Waals surface area contributed by atoms with Crippen molar-refractivity contribution in [2.24, 2.45) is 0 Å². The molecule has 5 heteroatoms. The van der Waals surface area contributed by atoms with Crippen molar-refractivity contribution in [2.75, 3.05) is 18.9 Å². The van der Waals surface area contributed by atoms with Crippen LogP contribution >= 0.6 is 0 Å². The molecule has 1 rings (SSSR count). The highest BCUT2D eigenvalue weighted by Crippen LogP contribution is 2.13. The number of allylic oxidation sites excluding steroid dienone is 1. The molecule has 0 saturated carbocycles. The maximum Gasteiger partial charge on any atom is 0.240 e. The summed E-state index contributed by atoms with van der Waals surface area (Å²) in [5.41, 5.74) is 1.96. The van der Waals surface area contributed by atoms with Crippen LogP contribution < -0.4 is 10.0 Å². The Hall–Kier alpha value is -1.33. The molecule has 17 heavy (non-hydrogen) atoms. The van der Waals surface area contributed by atoms with E-state index in [1.165, 1.54) is 0 Å². The molecule has 0 aromatic heterocycles. The van der Waals surface area contributed by atoms with Crippen LogP contribution in [-0.2, 0) is 10.0 Å². The Labute approximate surface area is 103 Å². The van der Waals surface area contributed by atoms with E-state index >= 15 is 0 Å². The van der Waals surface area contributed by atoms with E-state index < -0.39 is 10.0 Å². The molecule has 0 aliphatic carbocycles. The molecule has 0 saturated heterocycles. The van der Waals surface area contributed by atoms with Gasteiger partial charge in [-0.05, 0) is 38.1 Å². The van der Waals surface area contributed by atoms with Crippen molar-refractivity contribution < 1.29 is 8.42 Å². The first-order chi connectivity index (χ1) is 7.95. The lowest BCUT2D eigenvalue weighted by molar-refractivity contribution is 0.585. The third-order valence-electron chi connectivity index (χ3n) is 2.24. The third-order valence-corrected chi connectivity index (χ3v) is 3.68. The van der Waals surface area contributed by atoms with E-state index in [0.717, 1.165) is 11.3 Å². The lowest BCUT2D eigenvalue weighted by Crippen LogP contribution is -2.23. The standard InChI is InChI=1S/C12H18N2O2S/c1-10(2)8-9-14-17(15,16)12-6-4-11(13-3)5-7-12/h4-8,13-14H,9H2,1-3H3. The van der Waals surface area contributed by atoms with E-state index in [0.29, 0.717) is 6.54 Å². The smallest absolute Gasteiger partial charge is 0.240 e. The third kappa shape index (κ3) is 4.20. The van der Waals surface area contributed by atoms with Gasteiger partial charge in [-0.1, -0.05) is 11.6 Å². The molecule has 0 radical (unpaired) electrons. The Kier molecular flexibility index (Phi) is 4.72. The second kappa shape index (κ2) is 5.84. The summed E-state index contributed by atoms with van der Waals surface area (Å²) < 4.78 is 26.2. The maximum absolute atomic E-state index is 11.9. The largest absolute Gasteiger partial charge is 0.388 e. The van der Waals surface area contributed by atoms with Crippen LogP contribution in [0.15, 0.2) is 40.8 Å². The topological polar surface area (TPSA) is 58.2 Å². The fourth-order valence-electron chi connectivity index (χ4n) is 1.24. The molecule has 0 bridgehead atoms. The fraction of sp³-hybridized carbons (Fsp3) is 0.333. The van der Waals surface area contributed by atoms with E-state index in [-0.39, 0.29) is 4.90 Å². The summed E-state index contributed by atoms with van der Waals surface area (Å²) in [4.78, 5) is 0.277. The van der Waals surface area contributed by atoms with Gasteiger partial charge in [0.2, 0.25) is 10.0 Å². The molecule has 4 nitrogen and oxygen atoms in total. The summed E-state index contributed by atoms with van der Waals surface area (Å²) in [6, 6.07) is 6.62. The molecule has 1 aromatic carbocycles. The molecule has 0 unspecified atom stereocenters. The Morgan fingerprint density at radius 2 is 1.82 bits per heavy atom. The number of nitrogens with one attached hydrogen (secondary N) is 2. The highest BCUT2D eigenvalue weighted by Gasteiger charge is 2.11.